The van der Waals surface area contributed by atoms with Gasteiger partial charge in [-0.2, -0.15) is 21.6 Å². The molecule has 8 heteroatoms. The van der Waals surface area contributed by atoms with E-state index in [1.165, 1.54) is 24.3 Å². The third kappa shape index (κ3) is 3.75. The van der Waals surface area contributed by atoms with Crippen LogP contribution in [0, 0.1) is 0 Å². The van der Waals surface area contributed by atoms with E-state index in [2.05, 4.69) is 4.18 Å². The van der Waals surface area contributed by atoms with Gasteiger partial charge in [0.05, 0.1) is 0 Å². The minimum atomic E-state index is -5.64. The van der Waals surface area contributed by atoms with Crippen LogP contribution in [0.3, 0.4) is 0 Å². The average Bonchev–Trinajstić information content (AvgIpc) is 2.39. The standard InChI is InChI=1S/C13H13F3O4S/c14-13(15,16)21(18,19)20-12-7-3-10(4-8-12)9-1-5-11(17)6-2-9/h3-4,7-9H,1-2,5-6H2. The van der Waals surface area contributed by atoms with Gasteiger partial charge in [-0.1, -0.05) is 12.1 Å². The predicted molar refractivity (Wildman–Crippen MR) is 68.3 cm³/mol. The van der Waals surface area contributed by atoms with Gasteiger partial charge in [0.2, 0.25) is 0 Å². The molecule has 0 saturated heterocycles. The lowest BCUT2D eigenvalue weighted by atomic mass is 9.83. The summed E-state index contributed by atoms with van der Waals surface area (Å²) < 4.78 is 62.3. The maximum absolute atomic E-state index is 12.2. The van der Waals surface area contributed by atoms with Gasteiger partial charge in [0.25, 0.3) is 0 Å². The number of benzene rings is 1. The van der Waals surface area contributed by atoms with Crippen molar-refractivity contribution in [2.24, 2.45) is 0 Å². The third-order valence-electron chi connectivity index (χ3n) is 3.38. The van der Waals surface area contributed by atoms with Gasteiger partial charge >= 0.3 is 15.6 Å². The molecule has 1 aromatic carbocycles. The summed E-state index contributed by atoms with van der Waals surface area (Å²) in [7, 11) is -5.64. The number of carbonyl (C=O) groups excluding carboxylic acids is 1. The molecular weight excluding hydrogens is 309 g/mol. The van der Waals surface area contributed by atoms with Gasteiger partial charge < -0.3 is 4.18 Å². The molecule has 4 nitrogen and oxygen atoms in total. The number of ketones is 1. The summed E-state index contributed by atoms with van der Waals surface area (Å²) in [6, 6.07) is 5.44. The lowest BCUT2D eigenvalue weighted by molar-refractivity contribution is -0.120. The highest BCUT2D eigenvalue weighted by molar-refractivity contribution is 7.87. The van der Waals surface area contributed by atoms with Crippen molar-refractivity contribution >= 4 is 15.9 Å². The zero-order valence-electron chi connectivity index (χ0n) is 10.9. The van der Waals surface area contributed by atoms with Gasteiger partial charge in [-0.05, 0) is 36.5 Å². The van der Waals surface area contributed by atoms with Crippen LogP contribution in [0.1, 0.15) is 37.2 Å². The van der Waals surface area contributed by atoms with Gasteiger partial charge in [0.15, 0.2) is 0 Å². The molecule has 0 radical (unpaired) electrons. The van der Waals surface area contributed by atoms with Crippen molar-refractivity contribution in [2.75, 3.05) is 0 Å². The van der Waals surface area contributed by atoms with E-state index >= 15 is 0 Å². The highest BCUT2D eigenvalue weighted by atomic mass is 32.2. The molecule has 0 bridgehead atoms. The van der Waals surface area contributed by atoms with Crippen LogP contribution in [0.25, 0.3) is 0 Å². The molecule has 0 aliphatic heterocycles. The normalized spacial score (nSPS) is 17.8. The van der Waals surface area contributed by atoms with Crippen molar-refractivity contribution < 1.29 is 30.6 Å². The lowest BCUT2D eigenvalue weighted by Gasteiger charge is -2.21. The quantitative estimate of drug-likeness (QED) is 0.633. The van der Waals surface area contributed by atoms with E-state index in [0.717, 1.165) is 5.56 Å². The van der Waals surface area contributed by atoms with E-state index in [0.29, 0.717) is 25.7 Å². The summed E-state index contributed by atoms with van der Waals surface area (Å²) in [5.74, 6) is -0.0126. The SMILES string of the molecule is O=C1CCC(c2ccc(OS(=O)(=O)C(F)(F)F)cc2)CC1. The van der Waals surface area contributed by atoms with Crippen molar-refractivity contribution in [1.29, 1.82) is 0 Å². The maximum Gasteiger partial charge on any atom is 0.534 e. The number of carbonyl (C=O) groups is 1. The van der Waals surface area contributed by atoms with Crippen molar-refractivity contribution in [1.82, 2.24) is 0 Å². The lowest BCUT2D eigenvalue weighted by Crippen LogP contribution is -2.28. The van der Waals surface area contributed by atoms with Crippen molar-refractivity contribution in [3.63, 3.8) is 0 Å². The first-order chi connectivity index (χ1) is 9.69. The Labute approximate surface area is 120 Å². The predicted octanol–water partition coefficient (Wildman–Crippen LogP) is 3.14. The van der Waals surface area contributed by atoms with Crippen LogP contribution in [0.15, 0.2) is 24.3 Å². The van der Waals surface area contributed by atoms with Crippen molar-refractivity contribution in [3.05, 3.63) is 29.8 Å². The number of halogens is 3. The number of hydrogen-bond donors (Lipinski definition) is 0. The smallest absolute Gasteiger partial charge is 0.376 e. The van der Waals surface area contributed by atoms with Crippen LogP contribution in [-0.2, 0) is 14.9 Å². The second kappa shape index (κ2) is 5.67. The van der Waals surface area contributed by atoms with E-state index in [9.17, 15) is 26.4 Å². The van der Waals surface area contributed by atoms with Crippen LogP contribution in [0.2, 0.25) is 0 Å². The zero-order valence-corrected chi connectivity index (χ0v) is 11.7. The minimum Gasteiger partial charge on any atom is -0.376 e. The van der Waals surface area contributed by atoms with E-state index in [1.54, 1.807) is 0 Å². The van der Waals surface area contributed by atoms with Crippen LogP contribution in [0.5, 0.6) is 5.75 Å². The van der Waals surface area contributed by atoms with E-state index in [1.807, 2.05) is 0 Å². The highest BCUT2D eigenvalue weighted by Gasteiger charge is 2.48. The Kier molecular flexibility index (Phi) is 4.27. The molecule has 0 spiro atoms. The summed E-state index contributed by atoms with van der Waals surface area (Å²) in [4.78, 5) is 11.2. The number of rotatable bonds is 3. The molecule has 1 saturated carbocycles. The first-order valence-electron chi connectivity index (χ1n) is 6.31. The summed E-state index contributed by atoms with van der Waals surface area (Å²) in [5.41, 5.74) is -4.59. The van der Waals surface area contributed by atoms with Crippen molar-refractivity contribution in [3.8, 4) is 5.75 Å². The van der Waals surface area contributed by atoms with Gasteiger partial charge in [0, 0.05) is 12.8 Å². The summed E-state index contributed by atoms with van der Waals surface area (Å²) in [5, 5.41) is 0. The molecule has 0 aromatic heterocycles. The number of alkyl halides is 3. The first kappa shape index (κ1) is 15.8. The van der Waals surface area contributed by atoms with Crippen LogP contribution in [0.4, 0.5) is 13.2 Å². The molecule has 1 fully saturated rings. The Morgan fingerprint density at radius 3 is 2.05 bits per heavy atom. The average molecular weight is 322 g/mol. The molecule has 1 aliphatic carbocycles. The second-order valence-electron chi connectivity index (χ2n) is 4.87. The van der Waals surface area contributed by atoms with Gasteiger partial charge in [-0.25, -0.2) is 0 Å². The number of Topliss-reactive ketones (excluding diaryl/α,β-unsaturated/α-hetero) is 1. The number of hydrogen-bond acceptors (Lipinski definition) is 4. The molecule has 21 heavy (non-hydrogen) atoms. The molecule has 0 heterocycles. The molecule has 2 rings (SSSR count). The Hall–Kier alpha value is -1.57. The molecule has 0 N–H and O–H groups in total. The second-order valence-corrected chi connectivity index (χ2v) is 6.40. The molecule has 116 valence electrons. The third-order valence-corrected chi connectivity index (χ3v) is 4.36. The fourth-order valence-electron chi connectivity index (χ4n) is 2.24. The van der Waals surface area contributed by atoms with Crippen LogP contribution < -0.4 is 4.18 Å². The Balaban J connectivity index is 2.08. The molecule has 0 atom stereocenters. The topological polar surface area (TPSA) is 60.4 Å². The van der Waals surface area contributed by atoms with Crippen LogP contribution >= 0.6 is 0 Å². The fraction of sp³-hybridized carbons (Fsp3) is 0.462. The summed E-state index contributed by atoms with van der Waals surface area (Å²) in [6.07, 6.45) is 2.37. The van der Waals surface area contributed by atoms with Crippen molar-refractivity contribution in [2.45, 2.75) is 37.1 Å². The fourth-order valence-corrected chi connectivity index (χ4v) is 2.70. The van der Waals surface area contributed by atoms with Gasteiger partial charge in [-0.3, -0.25) is 4.79 Å². The molecule has 0 amide bonds. The summed E-state index contributed by atoms with van der Waals surface area (Å²) >= 11 is 0. The Morgan fingerprint density at radius 1 is 1.05 bits per heavy atom. The zero-order chi connectivity index (χ0) is 15.7. The highest BCUT2D eigenvalue weighted by Crippen LogP contribution is 2.33. The van der Waals surface area contributed by atoms with E-state index < -0.39 is 15.6 Å². The Bertz CT molecular complexity index is 610. The first-order valence-corrected chi connectivity index (χ1v) is 7.72. The molecule has 1 aliphatic rings. The molecule has 1 aromatic rings. The van der Waals surface area contributed by atoms with Crippen LogP contribution in [-0.4, -0.2) is 19.7 Å². The molecule has 0 unspecified atom stereocenters. The van der Waals surface area contributed by atoms with E-state index in [4.69, 9.17) is 0 Å². The Morgan fingerprint density at radius 2 is 1.57 bits per heavy atom. The minimum absolute atomic E-state index is 0.163. The largest absolute Gasteiger partial charge is 0.534 e. The maximum atomic E-state index is 12.2. The summed E-state index contributed by atoms with van der Waals surface area (Å²) in [6.45, 7) is 0. The molecular formula is C13H13F3O4S. The van der Waals surface area contributed by atoms with Gasteiger partial charge in [-0.15, -0.1) is 0 Å². The van der Waals surface area contributed by atoms with E-state index in [-0.39, 0.29) is 17.5 Å². The monoisotopic (exact) mass is 322 g/mol. The van der Waals surface area contributed by atoms with Gasteiger partial charge in [0.1, 0.15) is 11.5 Å².